The number of rotatable bonds is 5. The van der Waals surface area contributed by atoms with Crippen LogP contribution in [-0.4, -0.2) is 0 Å². The van der Waals surface area contributed by atoms with Gasteiger partial charge >= 0.3 is 0 Å². The van der Waals surface area contributed by atoms with Crippen LogP contribution < -0.4 is 0 Å². The predicted molar refractivity (Wildman–Crippen MR) is 224 cm³/mol. The SMILES string of the molecule is CC(C)C1(C2c3ccc(C45CC6CC(CC(C6)C4)C5)cc3-c3cc(C45CC6CC(CC(C6)C4)C5)ccc32)CC(C2CC=CCC2)C2=C1C=C(C(C)(C)C)C2. The fourth-order valence-corrected chi connectivity index (χ4v) is 17.6. The summed E-state index contributed by atoms with van der Waals surface area (Å²) in [5.74, 6) is 8.45. The number of hydrogen-bond donors (Lipinski definition) is 0. The van der Waals surface area contributed by atoms with E-state index in [1.54, 1.807) is 44.5 Å². The molecule has 2 aromatic rings. The molecule has 12 aliphatic carbocycles. The quantitative estimate of drug-likeness (QED) is 0.270. The van der Waals surface area contributed by atoms with Gasteiger partial charge in [-0.15, -0.1) is 0 Å². The molecule has 8 fully saturated rings. The van der Waals surface area contributed by atoms with Crippen LogP contribution in [0.25, 0.3) is 11.1 Å². The van der Waals surface area contributed by atoms with E-state index in [4.69, 9.17) is 0 Å². The molecule has 0 saturated heterocycles. The van der Waals surface area contributed by atoms with Crippen molar-refractivity contribution in [1.82, 2.24) is 0 Å². The molecule has 0 aromatic heterocycles. The van der Waals surface area contributed by atoms with Crippen LogP contribution in [0.4, 0.5) is 0 Å². The standard InChI is InChI=1S/C54H68/c1-32(2)54(31-48(39-9-7-6-8-10-39)47-23-42(24-49(47)54)51(3,4)5)50-43-13-11-40(52-25-33-15-34(26-52)17-35(16-33)27-52)21-45(43)46-22-41(12-14-44(46)50)53-28-36-18-37(29-53)20-38(19-36)30-53/h6-7,11-14,21-22,24,32-39,48,50H,8-10,15-20,23,25-31H2,1-5H3. The van der Waals surface area contributed by atoms with Gasteiger partial charge in [-0.05, 0) is 218 Å². The van der Waals surface area contributed by atoms with Crippen molar-refractivity contribution in [2.24, 2.45) is 64.1 Å². The molecule has 2 aromatic carbocycles. The Labute approximate surface area is 328 Å². The van der Waals surface area contributed by atoms with Crippen LogP contribution in [0.3, 0.4) is 0 Å². The largest absolute Gasteiger partial charge is 0.0885 e. The molecule has 0 nitrogen and oxygen atoms in total. The molecule has 54 heavy (non-hydrogen) atoms. The van der Waals surface area contributed by atoms with Crippen LogP contribution in [0.15, 0.2) is 71.3 Å². The van der Waals surface area contributed by atoms with Crippen molar-refractivity contribution in [2.75, 3.05) is 0 Å². The van der Waals surface area contributed by atoms with Crippen molar-refractivity contribution in [3.63, 3.8) is 0 Å². The van der Waals surface area contributed by atoms with E-state index in [1.807, 2.05) is 5.57 Å². The molecule has 8 saturated carbocycles. The summed E-state index contributed by atoms with van der Waals surface area (Å²) >= 11 is 0. The van der Waals surface area contributed by atoms with Crippen molar-refractivity contribution in [3.05, 3.63) is 93.6 Å². The average molecular weight is 717 g/mol. The molecule has 0 spiro atoms. The van der Waals surface area contributed by atoms with Gasteiger partial charge in [0, 0.05) is 11.3 Å². The fraction of sp³-hybridized carbons (Fsp3) is 0.667. The molecule has 12 aliphatic rings. The van der Waals surface area contributed by atoms with Gasteiger partial charge in [0.1, 0.15) is 0 Å². The lowest BCUT2D eigenvalue weighted by atomic mass is 9.48. The Bertz CT molecular complexity index is 1840. The zero-order valence-electron chi connectivity index (χ0n) is 34.5. The van der Waals surface area contributed by atoms with E-state index < -0.39 is 0 Å². The van der Waals surface area contributed by atoms with Gasteiger partial charge in [-0.25, -0.2) is 0 Å². The van der Waals surface area contributed by atoms with Crippen molar-refractivity contribution >= 4 is 0 Å². The number of benzene rings is 2. The van der Waals surface area contributed by atoms with Gasteiger partial charge < -0.3 is 0 Å². The molecule has 0 radical (unpaired) electrons. The van der Waals surface area contributed by atoms with Crippen LogP contribution in [-0.2, 0) is 10.8 Å². The van der Waals surface area contributed by atoms with E-state index in [0.29, 0.717) is 28.6 Å². The Hall–Kier alpha value is -2.34. The third-order valence-electron chi connectivity index (χ3n) is 19.3. The summed E-state index contributed by atoms with van der Waals surface area (Å²) in [6.07, 6.45) is 32.2. The molecule has 284 valence electrons. The molecule has 0 heterocycles. The minimum atomic E-state index is 0.137. The highest BCUT2D eigenvalue weighted by molar-refractivity contribution is 5.82. The summed E-state index contributed by atoms with van der Waals surface area (Å²) in [5, 5.41) is 0. The number of allylic oxidation sites excluding steroid dienone is 6. The molecule has 0 amide bonds. The van der Waals surface area contributed by atoms with E-state index in [0.717, 1.165) is 41.4 Å². The maximum atomic E-state index is 2.86. The Kier molecular flexibility index (Phi) is 7.13. The molecule has 14 rings (SSSR count). The molecule has 3 atom stereocenters. The molecule has 0 aliphatic heterocycles. The summed E-state index contributed by atoms with van der Waals surface area (Å²) in [6, 6.07) is 16.7. The summed E-state index contributed by atoms with van der Waals surface area (Å²) in [7, 11) is 0. The minimum absolute atomic E-state index is 0.137. The highest BCUT2D eigenvalue weighted by Crippen LogP contribution is 2.70. The van der Waals surface area contributed by atoms with Gasteiger partial charge in [-0.1, -0.05) is 100 Å². The van der Waals surface area contributed by atoms with Crippen molar-refractivity contribution < 1.29 is 0 Å². The molecular weight excluding hydrogens is 649 g/mol. The lowest BCUT2D eigenvalue weighted by Crippen LogP contribution is -2.48. The Morgan fingerprint density at radius 2 is 1.13 bits per heavy atom. The number of hydrogen-bond acceptors (Lipinski definition) is 0. The van der Waals surface area contributed by atoms with E-state index >= 15 is 0 Å². The van der Waals surface area contributed by atoms with Crippen LogP contribution in [0.5, 0.6) is 0 Å². The van der Waals surface area contributed by atoms with E-state index in [2.05, 4.69) is 89.2 Å². The Morgan fingerprint density at radius 3 is 1.56 bits per heavy atom. The van der Waals surface area contributed by atoms with Crippen molar-refractivity contribution in [3.8, 4) is 11.1 Å². The first-order chi connectivity index (χ1) is 26.0. The van der Waals surface area contributed by atoms with Crippen LogP contribution in [0, 0.1) is 64.1 Å². The Morgan fingerprint density at radius 1 is 0.630 bits per heavy atom. The summed E-state index contributed by atoms with van der Waals surface area (Å²) in [5.41, 5.74) is 16.8. The van der Waals surface area contributed by atoms with Gasteiger partial charge in [-0.2, -0.15) is 0 Å². The molecule has 8 bridgehead atoms. The van der Waals surface area contributed by atoms with Crippen molar-refractivity contribution in [2.45, 2.75) is 161 Å². The fourth-order valence-electron chi connectivity index (χ4n) is 17.6. The van der Waals surface area contributed by atoms with E-state index in [-0.39, 0.29) is 10.8 Å². The van der Waals surface area contributed by atoms with Crippen LogP contribution in [0.1, 0.15) is 172 Å². The van der Waals surface area contributed by atoms with Crippen LogP contribution in [0.2, 0.25) is 0 Å². The van der Waals surface area contributed by atoms with Crippen LogP contribution >= 0.6 is 0 Å². The monoisotopic (exact) mass is 717 g/mol. The van der Waals surface area contributed by atoms with Gasteiger partial charge in [0.05, 0.1) is 0 Å². The summed E-state index contributed by atoms with van der Waals surface area (Å²) in [4.78, 5) is 0. The maximum absolute atomic E-state index is 2.86. The first-order valence-electron chi connectivity index (χ1n) is 23.4. The summed E-state index contributed by atoms with van der Waals surface area (Å²) < 4.78 is 0. The highest BCUT2D eigenvalue weighted by Gasteiger charge is 2.59. The topological polar surface area (TPSA) is 0 Å². The third-order valence-corrected chi connectivity index (χ3v) is 19.3. The van der Waals surface area contributed by atoms with E-state index in [1.165, 1.54) is 109 Å². The third kappa shape index (κ3) is 4.67. The number of fused-ring (bicyclic) bond motifs is 3. The maximum Gasteiger partial charge on any atom is 0.0201 e. The lowest BCUT2D eigenvalue weighted by molar-refractivity contribution is -0.00534. The minimum Gasteiger partial charge on any atom is -0.0885 e. The van der Waals surface area contributed by atoms with Gasteiger partial charge in [0.15, 0.2) is 0 Å². The summed E-state index contributed by atoms with van der Waals surface area (Å²) in [6.45, 7) is 12.7. The second kappa shape index (κ2) is 11.4. The first kappa shape index (κ1) is 33.8. The molecule has 0 N–H and O–H groups in total. The first-order valence-corrected chi connectivity index (χ1v) is 23.4. The normalized spacial score (nSPS) is 43.7. The predicted octanol–water partition coefficient (Wildman–Crippen LogP) is 14.4. The lowest BCUT2D eigenvalue weighted by Gasteiger charge is -2.57. The van der Waals surface area contributed by atoms with Gasteiger partial charge in [-0.3, -0.25) is 0 Å². The highest BCUT2D eigenvalue weighted by atomic mass is 14.6. The van der Waals surface area contributed by atoms with Gasteiger partial charge in [0.25, 0.3) is 0 Å². The zero-order chi connectivity index (χ0) is 36.4. The Balaban J connectivity index is 1.04. The molecular formula is C54H68. The second-order valence-corrected chi connectivity index (χ2v) is 23.5. The zero-order valence-corrected chi connectivity index (χ0v) is 34.5. The van der Waals surface area contributed by atoms with E-state index in [9.17, 15) is 0 Å². The van der Waals surface area contributed by atoms with Gasteiger partial charge in [0.2, 0.25) is 0 Å². The molecule has 0 heteroatoms. The average Bonchev–Trinajstić information content (AvgIpc) is 3.81. The second-order valence-electron chi connectivity index (χ2n) is 23.5. The van der Waals surface area contributed by atoms with Crippen molar-refractivity contribution in [1.29, 1.82) is 0 Å². The smallest absolute Gasteiger partial charge is 0.0201 e. The molecule has 3 unspecified atom stereocenters.